The second kappa shape index (κ2) is 41.7. The highest BCUT2D eigenvalue weighted by Gasteiger charge is 2.48. The lowest BCUT2D eigenvalue weighted by Crippen LogP contribution is -2.54. The zero-order valence-corrected chi connectivity index (χ0v) is 70.9. The third-order valence-corrected chi connectivity index (χ3v) is 23.6. The Morgan fingerprint density at radius 1 is 0.555 bits per heavy atom. The number of amides is 10. The van der Waals surface area contributed by atoms with Crippen LogP contribution in [-0.2, 0) is 57.1 Å². The number of benzene rings is 2. The van der Waals surface area contributed by atoms with Crippen LogP contribution in [0.5, 0.6) is 0 Å². The minimum Gasteiger partial charge on any atom is -0.384 e. The molecule has 10 aliphatic rings. The summed E-state index contributed by atoms with van der Waals surface area (Å²) in [6.07, 6.45) is 8.90. The zero-order chi connectivity index (χ0) is 88.4. The zero-order valence-electron chi connectivity index (χ0n) is 70.1. The van der Waals surface area contributed by atoms with Gasteiger partial charge in [-0.25, -0.2) is 31.6 Å². The average Bonchev–Trinajstić information content (AvgIpc) is 1.60. The van der Waals surface area contributed by atoms with E-state index in [-0.39, 0.29) is 134 Å². The Bertz CT molecular complexity index is 5360. The highest BCUT2D eigenvalue weighted by atomic mass is 35.5. The maximum Gasteiger partial charge on any atom is 0.284 e. The second-order valence-corrected chi connectivity index (χ2v) is 31.9. The maximum absolute atomic E-state index is 14.2. The molecule has 16 heterocycles. The van der Waals surface area contributed by atoms with Gasteiger partial charge in [-0.15, -0.1) is 12.4 Å². The molecule has 8 fully saturated rings. The van der Waals surface area contributed by atoms with Crippen molar-refractivity contribution in [2.45, 2.75) is 139 Å². The van der Waals surface area contributed by atoms with Gasteiger partial charge in [0.2, 0.25) is 23.6 Å². The van der Waals surface area contributed by atoms with E-state index in [2.05, 4.69) is 72.4 Å². The molecule has 8 saturated heterocycles. The van der Waals surface area contributed by atoms with Gasteiger partial charge in [0.1, 0.15) is 23.5 Å². The number of fused-ring (bicyclic) bond motifs is 4. The molecule has 2 unspecified atom stereocenters. The smallest absolute Gasteiger partial charge is 0.284 e. The van der Waals surface area contributed by atoms with Gasteiger partial charge in [-0.1, -0.05) is 19.1 Å². The van der Waals surface area contributed by atoms with Crippen LogP contribution < -0.4 is 47.0 Å². The van der Waals surface area contributed by atoms with Crippen LogP contribution >= 0.6 is 12.4 Å². The number of nitrogens with zero attached hydrogens (tertiary/aromatic N) is 14. The summed E-state index contributed by atoms with van der Waals surface area (Å²) < 4.78 is 108. The molecule has 0 aliphatic carbocycles. The molecule has 0 radical (unpaired) electrons. The lowest BCUT2D eigenvalue weighted by molar-refractivity contribution is -0.206. The standard InChI is InChI=1S/C41H47F2N11O9.C22H26F2N6O4.C21H26N4O5.ClH/c42-36(43)35-29(46-38(56)27-19-45-52-13-9-31(47-37(27)52)51-14-17-60-18-15-51)20-53(49-35)24-22-62-33(63-23-24)21-50-11-7-25(8-12-50)61-16-2-10-44-28-4-1-3-26-34(28)41(59)54(40(26)58)30-5-6-32(55)48-39(30)57;1-2-19-33-12-15(13-34-19)30-11-17(20(27-30)21(23)24)26-22(31)16-10-25-29-4-3-14(9-18(16)29)28-5-7-32-8-6-28;26-17-6-5-16(19(27)24-17)25-20(28)14-3-1-4-15(18(14)21(25)29)23-9-2-12-30-13-7-10-22-11-8-13;/h1,3-4,9,13,19-20,24-25,30,33,36,44H,2,5-8,10-12,14-18,21-23H2,(H,46,56)(H,48,55,57);3-4,9-11,15,19,21H,2,5-8,12-13H2,1H3,(H,26,31);1,3-4,13,16,22-23H,2,5-12H2,(H,24,26,27);1H. The van der Waals surface area contributed by atoms with Crippen molar-refractivity contribution in [3.05, 3.63) is 137 Å². The summed E-state index contributed by atoms with van der Waals surface area (Å²) in [5.41, 5.74) is 3.03. The molecule has 0 saturated carbocycles. The Labute approximate surface area is 736 Å². The summed E-state index contributed by atoms with van der Waals surface area (Å²) in [7, 11) is 0. The first-order valence-electron chi connectivity index (χ1n) is 42.8. The van der Waals surface area contributed by atoms with Gasteiger partial charge in [0.25, 0.3) is 48.3 Å². The second-order valence-electron chi connectivity index (χ2n) is 31.9. The molecule has 7 N–H and O–H groups in total. The van der Waals surface area contributed by atoms with Gasteiger partial charge in [-0.2, -0.15) is 20.4 Å². The Kier molecular flexibility index (Phi) is 29.7. The van der Waals surface area contributed by atoms with Gasteiger partial charge < -0.3 is 74.3 Å². The normalized spacial score (nSPS) is 22.0. The molecular formula is C84H100ClF4N21O18. The van der Waals surface area contributed by atoms with E-state index < -0.39 is 102 Å². The number of anilines is 6. The van der Waals surface area contributed by atoms with Gasteiger partial charge >= 0.3 is 0 Å². The number of nitrogens with one attached hydrogen (secondary N) is 7. The molecule has 2 aromatic carbocycles. The van der Waals surface area contributed by atoms with Crippen LogP contribution in [0, 0.1) is 0 Å². The number of ether oxygens (including phenoxy) is 8. The molecule has 0 bridgehead atoms. The van der Waals surface area contributed by atoms with Gasteiger partial charge in [0.05, 0.1) is 134 Å². The van der Waals surface area contributed by atoms with E-state index in [4.69, 9.17) is 37.9 Å². The average molecular weight is 1800 g/mol. The number of carbonyl (C=O) groups excluding carboxylic acids is 10. The van der Waals surface area contributed by atoms with E-state index in [0.29, 0.717) is 120 Å². The molecule has 6 aromatic heterocycles. The van der Waals surface area contributed by atoms with Gasteiger partial charge in [0.15, 0.2) is 29.6 Å². The first-order chi connectivity index (χ1) is 61.7. The Morgan fingerprint density at radius 3 is 1.55 bits per heavy atom. The Hall–Kier alpha value is -11.5. The molecule has 8 aromatic rings. The largest absolute Gasteiger partial charge is 0.384 e. The number of carbonyl (C=O) groups is 10. The molecule has 0 spiro atoms. The summed E-state index contributed by atoms with van der Waals surface area (Å²) in [4.78, 5) is 139. The fraction of sp³-hybridized carbons (Fsp3) is 0.512. The summed E-state index contributed by atoms with van der Waals surface area (Å²) >= 11 is 0. The van der Waals surface area contributed by atoms with Crippen LogP contribution in [-0.4, -0.2) is 292 Å². The quantitative estimate of drug-likeness (QED) is 0.0171. The Balaban J connectivity index is 0.000000163. The molecule has 2 atom stereocenters. The number of pyridine rings is 1. The number of halogens is 5. The summed E-state index contributed by atoms with van der Waals surface area (Å²) in [6.45, 7) is 14.3. The number of rotatable bonds is 27. The highest BCUT2D eigenvalue weighted by molar-refractivity contribution is 6.27. The SMILES string of the molecule is CCC1OCC(n2cc(NC(=O)c3cnn4ccc(N5CCOCC5)cc34)c(C(F)F)n2)CO1.Cl.O=C1CCC(N2C(=O)c3cccc(NCCCOC4CCN(CC5OCC(n6cc(NC(=O)c7cnn8ccc(N9CCOCC9)nc78)c(C(F)F)n6)CO5)CC4)c3C2=O)C(=O)N1.O=C1CCC(N2C(=O)c3cccc(NCCCOC4CCNCC4)c3C2=O)C(=O)N1. The van der Waals surface area contributed by atoms with E-state index in [1.54, 1.807) is 59.4 Å². The third kappa shape index (κ3) is 20.8. The molecule has 18 rings (SSSR count). The van der Waals surface area contributed by atoms with E-state index in [0.717, 1.165) is 86.9 Å². The molecule has 128 heavy (non-hydrogen) atoms. The van der Waals surface area contributed by atoms with Crippen molar-refractivity contribution >= 4 is 117 Å². The topological polar surface area (TPSA) is 428 Å². The molecule has 44 heteroatoms. The molecule has 10 aliphatic heterocycles. The lowest BCUT2D eigenvalue weighted by Gasteiger charge is -2.36. The minimum atomic E-state index is -2.95. The summed E-state index contributed by atoms with van der Waals surface area (Å²) in [5.74, 6) is -4.71. The van der Waals surface area contributed by atoms with Gasteiger partial charge in [0, 0.05) is 127 Å². The van der Waals surface area contributed by atoms with Crippen LogP contribution in [0.2, 0.25) is 0 Å². The van der Waals surface area contributed by atoms with Crippen LogP contribution in [0.25, 0.3) is 11.2 Å². The summed E-state index contributed by atoms with van der Waals surface area (Å²) in [5, 5.41) is 35.9. The lowest BCUT2D eigenvalue weighted by atomic mass is 10.0. The molecule has 684 valence electrons. The van der Waals surface area contributed by atoms with Crippen molar-refractivity contribution in [1.29, 1.82) is 0 Å². The van der Waals surface area contributed by atoms with E-state index in [1.807, 2.05) is 24.0 Å². The number of likely N-dealkylation sites (tertiary alicyclic amines) is 1. The van der Waals surface area contributed by atoms with E-state index in [9.17, 15) is 65.5 Å². The van der Waals surface area contributed by atoms with Crippen LogP contribution in [0.4, 0.5) is 51.8 Å². The fourth-order valence-electron chi connectivity index (χ4n) is 16.8. The number of aromatic nitrogens is 9. The number of piperidine rings is 4. The first kappa shape index (κ1) is 91.2. The fourth-order valence-corrected chi connectivity index (χ4v) is 16.8. The number of alkyl halides is 4. The summed E-state index contributed by atoms with van der Waals surface area (Å²) in [6, 6.07) is 12.8. The van der Waals surface area contributed by atoms with E-state index in [1.165, 1.54) is 38.7 Å². The van der Waals surface area contributed by atoms with Crippen molar-refractivity contribution in [1.82, 2.24) is 74.4 Å². The molecule has 10 amide bonds. The van der Waals surface area contributed by atoms with E-state index >= 15 is 0 Å². The van der Waals surface area contributed by atoms with Crippen LogP contribution in [0.15, 0.2) is 91.8 Å². The number of imide groups is 4. The maximum atomic E-state index is 14.2. The highest BCUT2D eigenvalue weighted by Crippen LogP contribution is 2.37. The van der Waals surface area contributed by atoms with Crippen molar-refractivity contribution < 1.29 is 103 Å². The van der Waals surface area contributed by atoms with Crippen molar-refractivity contribution in [3.8, 4) is 0 Å². The number of hydrogen-bond acceptors (Lipinski definition) is 29. The van der Waals surface area contributed by atoms with Crippen LogP contribution in [0.3, 0.4) is 0 Å². The predicted molar refractivity (Wildman–Crippen MR) is 451 cm³/mol. The number of morpholine rings is 2. The molecule has 39 nitrogen and oxygen atoms in total. The van der Waals surface area contributed by atoms with Gasteiger partial charge in [-0.3, -0.25) is 82.6 Å². The van der Waals surface area contributed by atoms with Crippen molar-refractivity contribution in [2.24, 2.45) is 0 Å². The van der Waals surface area contributed by atoms with Crippen molar-refractivity contribution in [3.63, 3.8) is 0 Å². The minimum absolute atomic E-state index is 0. The molecular weight excluding hydrogens is 1700 g/mol. The monoisotopic (exact) mass is 1800 g/mol. The third-order valence-electron chi connectivity index (χ3n) is 23.6. The van der Waals surface area contributed by atoms with Crippen LogP contribution in [0.1, 0.15) is 176 Å². The number of hydrogen-bond donors (Lipinski definition) is 7. The first-order valence-corrected chi connectivity index (χ1v) is 42.8. The van der Waals surface area contributed by atoms with Crippen molar-refractivity contribution in [2.75, 3.05) is 169 Å². The Morgan fingerprint density at radius 2 is 1.04 bits per heavy atom. The van der Waals surface area contributed by atoms with Gasteiger partial charge in [-0.05, 0) is 113 Å². The predicted octanol–water partition coefficient (Wildman–Crippen LogP) is 6.21.